The van der Waals surface area contributed by atoms with E-state index in [9.17, 15) is 4.79 Å². The maximum Gasteiger partial charge on any atom is 0.316 e. The molecule has 1 aromatic rings. The molecule has 0 amide bonds. The van der Waals surface area contributed by atoms with Crippen LogP contribution in [-0.2, 0) is 14.9 Å². The van der Waals surface area contributed by atoms with E-state index < -0.39 is 5.41 Å². The van der Waals surface area contributed by atoms with Crippen LogP contribution in [0.3, 0.4) is 0 Å². The molecule has 0 atom stereocenters. The van der Waals surface area contributed by atoms with Crippen molar-refractivity contribution >= 4 is 17.6 Å². The topological polar surface area (TPSA) is 35.5 Å². The predicted octanol–water partition coefficient (Wildman–Crippen LogP) is 3.19. The Morgan fingerprint density at radius 1 is 1.41 bits per heavy atom. The average Bonchev–Trinajstić information content (AvgIpc) is 2.29. The van der Waals surface area contributed by atoms with Gasteiger partial charge in [-0.1, -0.05) is 11.6 Å². The fourth-order valence-corrected chi connectivity index (χ4v) is 1.76. The van der Waals surface area contributed by atoms with Crippen LogP contribution in [0.1, 0.15) is 26.3 Å². The lowest BCUT2D eigenvalue weighted by Crippen LogP contribution is -2.31. The third-order valence-corrected chi connectivity index (χ3v) is 2.86. The van der Waals surface area contributed by atoms with Gasteiger partial charge in [-0.25, -0.2) is 0 Å². The first-order valence-electron chi connectivity index (χ1n) is 5.44. The minimum atomic E-state index is -0.785. The fraction of sp³-hybridized carbons (Fsp3) is 0.462. The van der Waals surface area contributed by atoms with Gasteiger partial charge in [0.1, 0.15) is 5.75 Å². The fourth-order valence-electron chi connectivity index (χ4n) is 1.59. The quantitative estimate of drug-likeness (QED) is 0.776. The molecule has 1 rings (SSSR count). The Kier molecular flexibility index (Phi) is 4.40. The van der Waals surface area contributed by atoms with Crippen molar-refractivity contribution < 1.29 is 14.3 Å². The predicted molar refractivity (Wildman–Crippen MR) is 67.7 cm³/mol. The summed E-state index contributed by atoms with van der Waals surface area (Å²) < 4.78 is 10.3. The van der Waals surface area contributed by atoms with Crippen LogP contribution in [0.25, 0.3) is 0 Å². The number of hydrogen-bond acceptors (Lipinski definition) is 3. The molecule has 0 aromatic heterocycles. The second-order valence-electron chi connectivity index (χ2n) is 4.19. The number of rotatable bonds is 4. The summed E-state index contributed by atoms with van der Waals surface area (Å²) in [7, 11) is 1.56. The molecule has 0 fully saturated rings. The van der Waals surface area contributed by atoms with E-state index in [0.717, 1.165) is 5.56 Å². The number of methoxy groups -OCH3 is 1. The van der Waals surface area contributed by atoms with Crippen LogP contribution in [0.4, 0.5) is 0 Å². The Morgan fingerprint density at radius 3 is 2.59 bits per heavy atom. The summed E-state index contributed by atoms with van der Waals surface area (Å²) in [4.78, 5) is 11.9. The summed E-state index contributed by atoms with van der Waals surface area (Å²) in [6, 6.07) is 5.21. The van der Waals surface area contributed by atoms with Crippen molar-refractivity contribution in [2.75, 3.05) is 13.7 Å². The molecule has 0 aliphatic carbocycles. The molecule has 0 aliphatic rings. The van der Waals surface area contributed by atoms with Gasteiger partial charge in [0.05, 0.1) is 19.1 Å². The highest BCUT2D eigenvalue weighted by molar-refractivity contribution is 6.30. The second kappa shape index (κ2) is 5.41. The van der Waals surface area contributed by atoms with Gasteiger partial charge in [-0.15, -0.1) is 0 Å². The zero-order chi connectivity index (χ0) is 13.1. The van der Waals surface area contributed by atoms with Crippen molar-refractivity contribution in [2.24, 2.45) is 0 Å². The van der Waals surface area contributed by atoms with Crippen molar-refractivity contribution in [1.82, 2.24) is 0 Å². The van der Waals surface area contributed by atoms with E-state index in [4.69, 9.17) is 21.1 Å². The van der Waals surface area contributed by atoms with Crippen LogP contribution >= 0.6 is 11.6 Å². The molecule has 17 heavy (non-hydrogen) atoms. The summed E-state index contributed by atoms with van der Waals surface area (Å²) in [5.74, 6) is 0.341. The van der Waals surface area contributed by atoms with E-state index in [0.29, 0.717) is 17.4 Å². The van der Waals surface area contributed by atoms with Gasteiger partial charge in [-0.3, -0.25) is 4.79 Å². The number of halogens is 1. The van der Waals surface area contributed by atoms with E-state index in [-0.39, 0.29) is 5.97 Å². The molecule has 0 spiro atoms. The Bertz CT molecular complexity index is 413. The zero-order valence-corrected chi connectivity index (χ0v) is 11.3. The normalized spacial score (nSPS) is 11.1. The number of ether oxygens (including phenoxy) is 2. The summed E-state index contributed by atoms with van der Waals surface area (Å²) in [6.07, 6.45) is 0. The van der Waals surface area contributed by atoms with Gasteiger partial charge >= 0.3 is 5.97 Å². The lowest BCUT2D eigenvalue weighted by Gasteiger charge is -2.25. The average molecular weight is 257 g/mol. The molecule has 1 aromatic carbocycles. The number of esters is 1. The van der Waals surface area contributed by atoms with E-state index in [1.807, 2.05) is 0 Å². The third-order valence-electron chi connectivity index (χ3n) is 2.62. The van der Waals surface area contributed by atoms with Gasteiger partial charge in [-0.2, -0.15) is 0 Å². The van der Waals surface area contributed by atoms with Crippen molar-refractivity contribution in [1.29, 1.82) is 0 Å². The zero-order valence-electron chi connectivity index (χ0n) is 10.5. The van der Waals surface area contributed by atoms with Crippen LogP contribution in [0.2, 0.25) is 5.02 Å². The van der Waals surface area contributed by atoms with Crippen molar-refractivity contribution in [3.05, 3.63) is 28.8 Å². The highest BCUT2D eigenvalue weighted by atomic mass is 35.5. The van der Waals surface area contributed by atoms with Gasteiger partial charge in [0.15, 0.2) is 0 Å². The number of carbonyl (C=O) groups is 1. The highest BCUT2D eigenvalue weighted by Crippen LogP contribution is 2.34. The van der Waals surface area contributed by atoms with Crippen LogP contribution in [-0.4, -0.2) is 19.7 Å². The van der Waals surface area contributed by atoms with Gasteiger partial charge in [0, 0.05) is 10.6 Å². The van der Waals surface area contributed by atoms with E-state index in [1.165, 1.54) is 0 Å². The van der Waals surface area contributed by atoms with Crippen LogP contribution < -0.4 is 4.74 Å². The van der Waals surface area contributed by atoms with Crippen LogP contribution in [0.5, 0.6) is 5.75 Å². The molecular weight excluding hydrogens is 240 g/mol. The molecule has 0 aliphatic heterocycles. The first kappa shape index (κ1) is 13.8. The summed E-state index contributed by atoms with van der Waals surface area (Å²) >= 11 is 5.95. The Balaban J connectivity index is 3.21. The lowest BCUT2D eigenvalue weighted by atomic mass is 9.84. The maximum atomic E-state index is 11.9. The number of hydrogen-bond donors (Lipinski definition) is 0. The molecule has 0 bridgehead atoms. The summed E-state index contributed by atoms with van der Waals surface area (Å²) in [6.45, 7) is 5.71. The molecule has 0 heterocycles. The van der Waals surface area contributed by atoms with Crippen LogP contribution in [0, 0.1) is 0 Å². The smallest absolute Gasteiger partial charge is 0.316 e. The summed E-state index contributed by atoms with van der Waals surface area (Å²) in [5, 5.41) is 0.568. The number of carbonyl (C=O) groups excluding carboxylic acids is 1. The molecule has 0 unspecified atom stereocenters. The minimum absolute atomic E-state index is 0.291. The van der Waals surface area contributed by atoms with E-state index in [2.05, 4.69) is 0 Å². The van der Waals surface area contributed by atoms with E-state index >= 15 is 0 Å². The molecule has 94 valence electrons. The molecule has 3 nitrogen and oxygen atoms in total. The van der Waals surface area contributed by atoms with Crippen molar-refractivity contribution in [3.63, 3.8) is 0 Å². The van der Waals surface area contributed by atoms with Crippen molar-refractivity contribution in [2.45, 2.75) is 26.2 Å². The Morgan fingerprint density at radius 2 is 2.06 bits per heavy atom. The second-order valence-corrected chi connectivity index (χ2v) is 4.63. The number of benzene rings is 1. The van der Waals surface area contributed by atoms with E-state index in [1.54, 1.807) is 46.1 Å². The van der Waals surface area contributed by atoms with Gasteiger partial charge in [0.2, 0.25) is 0 Å². The maximum absolute atomic E-state index is 11.9. The first-order chi connectivity index (χ1) is 7.93. The summed E-state index contributed by atoms with van der Waals surface area (Å²) in [5.41, 5.74) is -0.0577. The minimum Gasteiger partial charge on any atom is -0.496 e. The largest absolute Gasteiger partial charge is 0.496 e. The monoisotopic (exact) mass is 256 g/mol. The molecule has 0 N–H and O–H groups in total. The third kappa shape index (κ3) is 2.91. The molecule has 4 heteroatoms. The molecule has 0 saturated carbocycles. The van der Waals surface area contributed by atoms with Crippen molar-refractivity contribution in [3.8, 4) is 5.75 Å². The SMILES string of the molecule is CCOC(=O)C(C)(C)c1cc(Cl)ccc1OC. The first-order valence-corrected chi connectivity index (χ1v) is 5.82. The molecular formula is C13H17ClO3. The van der Waals surface area contributed by atoms with Gasteiger partial charge in [0.25, 0.3) is 0 Å². The molecule has 0 saturated heterocycles. The molecule has 0 radical (unpaired) electrons. The van der Waals surface area contributed by atoms with Gasteiger partial charge in [-0.05, 0) is 39.0 Å². The highest BCUT2D eigenvalue weighted by Gasteiger charge is 2.34. The van der Waals surface area contributed by atoms with Gasteiger partial charge < -0.3 is 9.47 Å². The Labute approximate surface area is 107 Å². The van der Waals surface area contributed by atoms with Crippen LogP contribution in [0.15, 0.2) is 18.2 Å². The standard InChI is InChI=1S/C13H17ClO3/c1-5-17-12(15)13(2,3)10-8-9(14)6-7-11(10)16-4/h6-8H,5H2,1-4H3. The lowest BCUT2D eigenvalue weighted by molar-refractivity contribution is -0.148. The Hall–Kier alpha value is -1.22.